The lowest BCUT2D eigenvalue weighted by molar-refractivity contribution is -0.133. The molecule has 3 heterocycles. The smallest absolute Gasteiger partial charge is 0.232 e. The number of aliphatic hydroxyl groups excluding tert-OH is 1. The highest BCUT2D eigenvalue weighted by Crippen LogP contribution is 2.39. The fourth-order valence-electron chi connectivity index (χ4n) is 4.28. The van der Waals surface area contributed by atoms with E-state index in [0.717, 1.165) is 0 Å². The molecule has 2 aliphatic rings. The molecule has 10 nitrogen and oxygen atoms in total. The van der Waals surface area contributed by atoms with Gasteiger partial charge in [-0.25, -0.2) is 4.98 Å². The van der Waals surface area contributed by atoms with Crippen molar-refractivity contribution in [2.45, 2.75) is 44.1 Å². The van der Waals surface area contributed by atoms with E-state index in [1.807, 2.05) is 25.1 Å². The van der Waals surface area contributed by atoms with Gasteiger partial charge in [-0.15, -0.1) is 0 Å². The maximum Gasteiger partial charge on any atom is 0.232 e. The van der Waals surface area contributed by atoms with Crippen molar-refractivity contribution in [3.63, 3.8) is 0 Å². The number of aromatic nitrogens is 1. The zero-order valence-electron chi connectivity index (χ0n) is 18.8. The average Bonchev–Trinajstić information content (AvgIpc) is 2.80. The van der Waals surface area contributed by atoms with E-state index in [0.29, 0.717) is 48.0 Å². The minimum atomic E-state index is -1.58. The number of nitrogens with one attached hydrogen (secondary N) is 3. The van der Waals surface area contributed by atoms with Crippen molar-refractivity contribution >= 4 is 34.8 Å². The highest BCUT2D eigenvalue weighted by atomic mass is 35.5. The fourth-order valence-corrected chi connectivity index (χ4v) is 4.66. The van der Waals surface area contributed by atoms with Gasteiger partial charge in [0.15, 0.2) is 12.2 Å². The molecule has 2 aliphatic heterocycles. The Morgan fingerprint density at radius 2 is 2.12 bits per heavy atom. The molecule has 2 saturated heterocycles. The van der Waals surface area contributed by atoms with Crippen molar-refractivity contribution in [2.75, 3.05) is 25.1 Å². The summed E-state index contributed by atoms with van der Waals surface area (Å²) in [4.78, 5) is 18.8. The first kappa shape index (κ1) is 24.2. The van der Waals surface area contributed by atoms with E-state index in [1.165, 1.54) is 6.20 Å². The molecule has 0 unspecified atom stereocenters. The number of hydrogen-bond acceptors (Lipinski definition) is 8. The Hall–Kier alpha value is -2.92. The monoisotopic (exact) mass is 489 g/mol. The second-order valence-electron chi connectivity index (χ2n) is 8.56. The fraction of sp³-hybridized carbons (Fsp3) is 0.435. The van der Waals surface area contributed by atoms with Crippen LogP contribution in [0.15, 0.2) is 36.5 Å². The van der Waals surface area contributed by atoms with Crippen molar-refractivity contribution in [2.24, 2.45) is 0 Å². The van der Waals surface area contributed by atoms with Crippen molar-refractivity contribution in [1.29, 1.82) is 5.41 Å². The van der Waals surface area contributed by atoms with E-state index >= 15 is 0 Å². The zero-order chi connectivity index (χ0) is 24.3. The van der Waals surface area contributed by atoms with Crippen molar-refractivity contribution in [1.82, 2.24) is 15.2 Å². The van der Waals surface area contributed by atoms with E-state index < -0.39 is 11.8 Å². The second kappa shape index (κ2) is 10.1. The number of hydrogen-bond donors (Lipinski definition) is 5. The third-order valence-corrected chi connectivity index (χ3v) is 6.36. The minimum Gasteiger partial charge on any atom is -0.472 e. The molecule has 0 saturated carbocycles. The van der Waals surface area contributed by atoms with Crippen LogP contribution >= 0.6 is 11.6 Å². The maximum absolute atomic E-state index is 13.1. The van der Waals surface area contributed by atoms with Crippen LogP contribution in [0.3, 0.4) is 0 Å². The molecule has 5 N–H and O–H groups in total. The highest BCUT2D eigenvalue weighted by Gasteiger charge is 2.43. The lowest BCUT2D eigenvalue weighted by Gasteiger charge is -2.45. The van der Waals surface area contributed by atoms with Gasteiger partial charge in [-0.1, -0.05) is 23.7 Å². The Morgan fingerprint density at radius 1 is 1.35 bits per heavy atom. The number of nitrogens with zero attached hydrogens (tertiary/aromatic N) is 2. The molecule has 0 aliphatic carbocycles. The largest absolute Gasteiger partial charge is 0.472 e. The average molecular weight is 490 g/mol. The van der Waals surface area contributed by atoms with Crippen molar-refractivity contribution in [3.8, 4) is 5.88 Å². The summed E-state index contributed by atoms with van der Waals surface area (Å²) in [5.74, 6) is 0.219. The SMILES string of the molecule is C[C@@]1(c2cccc(Nc3ccc(OCC(O)O)nc3)c2Cl)CC(=O)N(C2CCOCC2)C(=N)N1. The molecule has 0 spiro atoms. The Bertz CT molecular complexity index is 1020. The van der Waals surface area contributed by atoms with Gasteiger partial charge in [-0.2, -0.15) is 0 Å². The molecule has 0 radical (unpaired) electrons. The summed E-state index contributed by atoms with van der Waals surface area (Å²) in [5, 5.41) is 33.2. The summed E-state index contributed by atoms with van der Waals surface area (Å²) >= 11 is 6.76. The summed E-state index contributed by atoms with van der Waals surface area (Å²) in [7, 11) is 0. The zero-order valence-corrected chi connectivity index (χ0v) is 19.5. The lowest BCUT2D eigenvalue weighted by atomic mass is 9.85. The van der Waals surface area contributed by atoms with E-state index in [-0.39, 0.29) is 36.8 Å². The third kappa shape index (κ3) is 5.25. The quantitative estimate of drug-likeness (QED) is 0.373. The van der Waals surface area contributed by atoms with E-state index in [4.69, 9.17) is 36.7 Å². The first-order valence-corrected chi connectivity index (χ1v) is 11.4. The first-order chi connectivity index (χ1) is 16.3. The highest BCUT2D eigenvalue weighted by molar-refractivity contribution is 6.34. The molecule has 11 heteroatoms. The predicted octanol–water partition coefficient (Wildman–Crippen LogP) is 2.32. The van der Waals surface area contributed by atoms with Crippen molar-refractivity contribution in [3.05, 3.63) is 47.1 Å². The second-order valence-corrected chi connectivity index (χ2v) is 8.94. The number of rotatable bonds is 7. The Labute approximate surface area is 202 Å². The predicted molar refractivity (Wildman–Crippen MR) is 126 cm³/mol. The molecule has 1 aromatic heterocycles. The molecule has 1 atom stereocenters. The number of carbonyl (C=O) groups is 1. The number of carbonyl (C=O) groups excluding carboxylic acids is 1. The van der Waals surface area contributed by atoms with Crippen LogP contribution in [-0.2, 0) is 15.1 Å². The summed E-state index contributed by atoms with van der Waals surface area (Å²) < 4.78 is 10.5. The van der Waals surface area contributed by atoms with E-state index in [1.54, 1.807) is 17.0 Å². The van der Waals surface area contributed by atoms with Crippen LogP contribution in [0.25, 0.3) is 0 Å². The molecule has 1 aromatic carbocycles. The van der Waals surface area contributed by atoms with Crippen LogP contribution < -0.4 is 15.4 Å². The number of pyridine rings is 1. The number of ether oxygens (including phenoxy) is 2. The van der Waals surface area contributed by atoms with Gasteiger partial charge in [-0.05, 0) is 37.5 Å². The summed E-state index contributed by atoms with van der Waals surface area (Å²) in [6, 6.07) is 8.78. The van der Waals surface area contributed by atoms with Crippen LogP contribution in [0.2, 0.25) is 5.02 Å². The molecule has 4 rings (SSSR count). The molecule has 182 valence electrons. The van der Waals surface area contributed by atoms with Crippen LogP contribution in [0.5, 0.6) is 5.88 Å². The first-order valence-electron chi connectivity index (χ1n) is 11.0. The van der Waals surface area contributed by atoms with Crippen molar-refractivity contribution < 1.29 is 24.5 Å². The van der Waals surface area contributed by atoms with Crippen LogP contribution in [0, 0.1) is 5.41 Å². The number of amides is 1. The van der Waals surface area contributed by atoms with E-state index in [9.17, 15) is 4.79 Å². The molecule has 0 bridgehead atoms. The molecule has 34 heavy (non-hydrogen) atoms. The number of halogens is 1. The van der Waals surface area contributed by atoms with Gasteiger partial charge in [0.05, 0.1) is 34.6 Å². The van der Waals surface area contributed by atoms with Gasteiger partial charge in [0.2, 0.25) is 11.8 Å². The van der Waals surface area contributed by atoms with E-state index in [2.05, 4.69) is 15.6 Å². The van der Waals surface area contributed by atoms with Gasteiger partial charge in [-0.3, -0.25) is 15.1 Å². The van der Waals surface area contributed by atoms with Crippen LogP contribution in [0.1, 0.15) is 31.7 Å². The summed E-state index contributed by atoms with van der Waals surface area (Å²) in [5.41, 5.74) is 1.13. The van der Waals surface area contributed by atoms with Gasteiger partial charge in [0.1, 0.15) is 6.61 Å². The Balaban J connectivity index is 1.50. The third-order valence-electron chi connectivity index (χ3n) is 5.95. The van der Waals surface area contributed by atoms with Gasteiger partial charge in [0.25, 0.3) is 0 Å². The molecular formula is C23H28ClN5O5. The number of anilines is 2. The standard InChI is InChI=1S/C23H28ClN5O5/c1-23(11-19(30)29(22(25)28-23)15-7-9-33-10-8-15)16-3-2-4-17(21(16)24)27-14-5-6-18(26-12-14)34-13-20(31)32/h2-6,12,15,20,27,31-32H,7-11,13H2,1H3,(H2,25,28)/t23-/m0/s1. The summed E-state index contributed by atoms with van der Waals surface area (Å²) in [6.07, 6.45) is 1.55. The molecular weight excluding hydrogens is 462 g/mol. The van der Waals surface area contributed by atoms with Gasteiger partial charge < -0.3 is 30.3 Å². The number of benzene rings is 1. The number of guanidine groups is 1. The topological polar surface area (TPSA) is 140 Å². The number of aliphatic hydroxyl groups is 2. The Morgan fingerprint density at radius 3 is 2.76 bits per heavy atom. The normalized spacial score (nSPS) is 21.5. The molecule has 2 fully saturated rings. The van der Waals surface area contributed by atoms with Gasteiger partial charge >= 0.3 is 0 Å². The maximum atomic E-state index is 13.1. The van der Waals surface area contributed by atoms with Crippen LogP contribution in [0.4, 0.5) is 11.4 Å². The Kier molecular flexibility index (Phi) is 7.22. The molecule has 1 amide bonds. The minimum absolute atomic E-state index is 0.0330. The summed E-state index contributed by atoms with van der Waals surface area (Å²) in [6.45, 7) is 2.77. The molecule has 2 aromatic rings. The van der Waals surface area contributed by atoms with Crippen LogP contribution in [-0.4, -0.2) is 64.1 Å². The lowest BCUT2D eigenvalue weighted by Crippen LogP contribution is -2.62. The van der Waals surface area contributed by atoms with Gasteiger partial charge in [0, 0.05) is 25.3 Å².